The summed E-state index contributed by atoms with van der Waals surface area (Å²) in [5.41, 5.74) is 3.66. The van der Waals surface area contributed by atoms with Gasteiger partial charge in [-0.3, -0.25) is 4.79 Å². The Kier molecular flexibility index (Phi) is 3.83. The molecule has 1 unspecified atom stereocenters. The van der Waals surface area contributed by atoms with Gasteiger partial charge in [0.15, 0.2) is 5.78 Å². The zero-order valence-corrected chi connectivity index (χ0v) is 11.2. The predicted molar refractivity (Wildman–Crippen MR) is 75.3 cm³/mol. The smallest absolute Gasteiger partial charge is 0.185 e. The Balaban J connectivity index is 2.32. The average Bonchev–Trinajstić information content (AvgIpc) is 2.38. The molecule has 0 spiro atoms. The minimum Gasteiger partial charge on any atom is -0.292 e. The number of benzene rings is 2. The molecular formula is C16H15ClO. The molecule has 0 N–H and O–H groups in total. The SMILES string of the molecule is Cc1ccc(C(=O)C(Cl)c2ccccc2)c(C)c1. The molecule has 18 heavy (non-hydrogen) atoms. The van der Waals surface area contributed by atoms with Crippen LogP contribution < -0.4 is 0 Å². The zero-order chi connectivity index (χ0) is 13.1. The summed E-state index contributed by atoms with van der Waals surface area (Å²) in [7, 11) is 0. The van der Waals surface area contributed by atoms with Gasteiger partial charge >= 0.3 is 0 Å². The number of Topliss-reactive ketones (excluding diaryl/α,β-unsaturated/α-hetero) is 1. The number of ketones is 1. The number of halogens is 1. The lowest BCUT2D eigenvalue weighted by molar-refractivity contribution is 0.0986. The van der Waals surface area contributed by atoms with Crippen molar-refractivity contribution in [3.63, 3.8) is 0 Å². The molecule has 1 nitrogen and oxygen atoms in total. The van der Waals surface area contributed by atoms with Crippen LogP contribution in [0.25, 0.3) is 0 Å². The van der Waals surface area contributed by atoms with Crippen LogP contribution in [0.1, 0.15) is 32.4 Å². The molecule has 92 valence electrons. The first-order valence-corrected chi connectivity index (χ1v) is 6.33. The molecule has 0 aromatic heterocycles. The highest BCUT2D eigenvalue weighted by Crippen LogP contribution is 2.26. The Morgan fingerprint density at radius 1 is 1.06 bits per heavy atom. The number of rotatable bonds is 3. The lowest BCUT2D eigenvalue weighted by Gasteiger charge is -2.11. The lowest BCUT2D eigenvalue weighted by atomic mass is 9.97. The van der Waals surface area contributed by atoms with Gasteiger partial charge in [-0.05, 0) is 25.0 Å². The Morgan fingerprint density at radius 3 is 2.33 bits per heavy atom. The molecule has 0 aliphatic carbocycles. The van der Waals surface area contributed by atoms with E-state index < -0.39 is 5.38 Å². The Bertz CT molecular complexity index is 561. The van der Waals surface area contributed by atoms with E-state index in [0.717, 1.165) is 16.7 Å². The topological polar surface area (TPSA) is 17.1 Å². The maximum atomic E-state index is 12.3. The first-order chi connectivity index (χ1) is 8.59. The first-order valence-electron chi connectivity index (χ1n) is 5.90. The molecular weight excluding hydrogens is 244 g/mol. The summed E-state index contributed by atoms with van der Waals surface area (Å²) < 4.78 is 0. The number of aryl methyl sites for hydroxylation is 2. The van der Waals surface area contributed by atoms with Crippen molar-refractivity contribution in [1.29, 1.82) is 0 Å². The Hall–Kier alpha value is -1.60. The fourth-order valence-corrected chi connectivity index (χ4v) is 2.26. The number of alkyl halides is 1. The number of carbonyl (C=O) groups is 1. The van der Waals surface area contributed by atoms with E-state index >= 15 is 0 Å². The molecule has 1 atom stereocenters. The highest BCUT2D eigenvalue weighted by Gasteiger charge is 2.20. The first kappa shape index (κ1) is 12.8. The summed E-state index contributed by atoms with van der Waals surface area (Å²) in [6, 6.07) is 15.2. The highest BCUT2D eigenvalue weighted by atomic mass is 35.5. The highest BCUT2D eigenvalue weighted by molar-refractivity contribution is 6.34. The van der Waals surface area contributed by atoms with E-state index in [9.17, 15) is 4.79 Å². The van der Waals surface area contributed by atoms with Crippen LogP contribution in [0.3, 0.4) is 0 Å². The van der Waals surface area contributed by atoms with Crippen molar-refractivity contribution in [2.24, 2.45) is 0 Å². The fourth-order valence-electron chi connectivity index (χ4n) is 2.00. The van der Waals surface area contributed by atoms with Crippen LogP contribution in [-0.2, 0) is 0 Å². The number of carbonyl (C=O) groups excluding carboxylic acids is 1. The maximum absolute atomic E-state index is 12.3. The van der Waals surface area contributed by atoms with Crippen LogP contribution in [0.4, 0.5) is 0 Å². The third-order valence-electron chi connectivity index (χ3n) is 2.97. The van der Waals surface area contributed by atoms with E-state index in [1.807, 2.05) is 62.4 Å². The predicted octanol–water partition coefficient (Wildman–Crippen LogP) is 4.47. The molecule has 0 amide bonds. The largest absolute Gasteiger partial charge is 0.292 e. The lowest BCUT2D eigenvalue weighted by Crippen LogP contribution is -2.09. The van der Waals surface area contributed by atoms with Crippen LogP contribution in [0.2, 0.25) is 0 Å². The molecule has 2 aromatic carbocycles. The van der Waals surface area contributed by atoms with Crippen LogP contribution in [-0.4, -0.2) is 5.78 Å². The van der Waals surface area contributed by atoms with E-state index in [-0.39, 0.29) is 5.78 Å². The summed E-state index contributed by atoms with van der Waals surface area (Å²) in [6.07, 6.45) is 0. The molecule has 2 aromatic rings. The third kappa shape index (κ3) is 2.62. The van der Waals surface area contributed by atoms with Crippen molar-refractivity contribution in [2.75, 3.05) is 0 Å². The van der Waals surface area contributed by atoms with E-state index in [0.29, 0.717) is 5.56 Å². The van der Waals surface area contributed by atoms with Gasteiger partial charge in [-0.15, -0.1) is 11.6 Å². The second-order valence-corrected chi connectivity index (χ2v) is 4.89. The second-order valence-electron chi connectivity index (χ2n) is 4.46. The van der Waals surface area contributed by atoms with Crippen molar-refractivity contribution >= 4 is 17.4 Å². The average molecular weight is 259 g/mol. The monoisotopic (exact) mass is 258 g/mol. The van der Waals surface area contributed by atoms with Crippen molar-refractivity contribution in [3.8, 4) is 0 Å². The summed E-state index contributed by atoms with van der Waals surface area (Å²) in [6.45, 7) is 3.95. The Morgan fingerprint density at radius 2 is 1.72 bits per heavy atom. The zero-order valence-electron chi connectivity index (χ0n) is 10.5. The van der Waals surface area contributed by atoms with Crippen molar-refractivity contribution in [3.05, 3.63) is 70.8 Å². The van der Waals surface area contributed by atoms with Crippen molar-refractivity contribution < 1.29 is 4.79 Å². The van der Waals surface area contributed by atoms with Gasteiger partial charge in [0.1, 0.15) is 5.38 Å². The van der Waals surface area contributed by atoms with Gasteiger partial charge in [-0.1, -0.05) is 54.1 Å². The number of hydrogen-bond acceptors (Lipinski definition) is 1. The van der Waals surface area contributed by atoms with E-state index in [4.69, 9.17) is 11.6 Å². The molecule has 0 radical (unpaired) electrons. The van der Waals surface area contributed by atoms with E-state index in [2.05, 4.69) is 0 Å². The van der Waals surface area contributed by atoms with Gasteiger partial charge in [0.25, 0.3) is 0 Å². The molecule has 0 heterocycles. The summed E-state index contributed by atoms with van der Waals surface area (Å²) >= 11 is 6.25. The summed E-state index contributed by atoms with van der Waals surface area (Å²) in [5.74, 6) is -0.0413. The number of hydrogen-bond donors (Lipinski definition) is 0. The van der Waals surface area contributed by atoms with Gasteiger partial charge in [0.05, 0.1) is 0 Å². The van der Waals surface area contributed by atoms with Crippen molar-refractivity contribution in [2.45, 2.75) is 19.2 Å². The quantitative estimate of drug-likeness (QED) is 0.587. The van der Waals surface area contributed by atoms with Gasteiger partial charge in [0, 0.05) is 5.56 Å². The molecule has 0 fully saturated rings. The minimum absolute atomic E-state index is 0.0413. The molecule has 2 rings (SSSR count). The third-order valence-corrected chi connectivity index (χ3v) is 3.42. The van der Waals surface area contributed by atoms with E-state index in [1.165, 1.54) is 0 Å². The fraction of sp³-hybridized carbons (Fsp3) is 0.188. The Labute approximate surface area is 112 Å². The van der Waals surface area contributed by atoms with Crippen LogP contribution in [0.5, 0.6) is 0 Å². The second kappa shape index (κ2) is 5.36. The van der Waals surface area contributed by atoms with Gasteiger partial charge in [-0.2, -0.15) is 0 Å². The van der Waals surface area contributed by atoms with E-state index in [1.54, 1.807) is 0 Å². The molecule has 0 saturated heterocycles. The van der Waals surface area contributed by atoms with Crippen LogP contribution in [0, 0.1) is 13.8 Å². The molecule has 0 aliphatic rings. The molecule has 0 saturated carbocycles. The molecule has 0 aliphatic heterocycles. The maximum Gasteiger partial charge on any atom is 0.185 e. The van der Waals surface area contributed by atoms with Gasteiger partial charge in [0.2, 0.25) is 0 Å². The standard InChI is InChI=1S/C16H15ClO/c1-11-8-9-14(12(2)10-11)16(18)15(17)13-6-4-3-5-7-13/h3-10,15H,1-2H3. The minimum atomic E-state index is -0.618. The molecule has 0 bridgehead atoms. The van der Waals surface area contributed by atoms with Crippen LogP contribution in [0.15, 0.2) is 48.5 Å². The van der Waals surface area contributed by atoms with Gasteiger partial charge < -0.3 is 0 Å². The summed E-state index contributed by atoms with van der Waals surface area (Å²) in [5, 5.41) is -0.618. The van der Waals surface area contributed by atoms with Crippen molar-refractivity contribution in [1.82, 2.24) is 0 Å². The van der Waals surface area contributed by atoms with Gasteiger partial charge in [-0.25, -0.2) is 0 Å². The molecule has 2 heteroatoms. The van der Waals surface area contributed by atoms with Crippen LogP contribution >= 0.6 is 11.6 Å². The summed E-state index contributed by atoms with van der Waals surface area (Å²) in [4.78, 5) is 12.3. The normalized spacial score (nSPS) is 12.2.